The van der Waals surface area contributed by atoms with E-state index < -0.39 is 0 Å². The number of carbonyl (C=O) groups excluding carboxylic acids is 1. The molecule has 0 bridgehead atoms. The first-order valence-corrected chi connectivity index (χ1v) is 9.40. The Morgan fingerprint density at radius 2 is 1.68 bits per heavy atom. The lowest BCUT2D eigenvalue weighted by molar-refractivity contribution is -0.917. The van der Waals surface area contributed by atoms with Gasteiger partial charge in [-0.3, -0.25) is 4.79 Å². The topological polar surface area (TPSA) is 61.7 Å². The van der Waals surface area contributed by atoms with Crippen LogP contribution >= 0.6 is 0 Å². The number of hydrogen-bond acceptors (Lipinski definition) is 5. The molecule has 2 aromatic carbocycles. The van der Waals surface area contributed by atoms with E-state index in [1.807, 2.05) is 11.0 Å². The summed E-state index contributed by atoms with van der Waals surface area (Å²) in [5.74, 6) is 2.88. The van der Waals surface area contributed by atoms with E-state index in [9.17, 15) is 4.79 Å². The minimum Gasteiger partial charge on any atom is -0.497 e. The molecule has 0 aromatic heterocycles. The summed E-state index contributed by atoms with van der Waals surface area (Å²) >= 11 is 0. The molecule has 0 spiro atoms. The van der Waals surface area contributed by atoms with Crippen LogP contribution in [0, 0.1) is 0 Å². The van der Waals surface area contributed by atoms with Crippen molar-refractivity contribution in [3.8, 4) is 23.0 Å². The molecule has 0 saturated carbocycles. The van der Waals surface area contributed by atoms with Gasteiger partial charge in [0.15, 0.2) is 11.5 Å². The number of rotatable bonds is 5. The Morgan fingerprint density at radius 1 is 1.00 bits per heavy atom. The van der Waals surface area contributed by atoms with Crippen LogP contribution in [0.2, 0.25) is 0 Å². The first-order valence-electron chi connectivity index (χ1n) is 9.40. The first kappa shape index (κ1) is 18.4. The molecule has 0 aliphatic carbocycles. The maximum absolute atomic E-state index is 12.9. The Labute approximate surface area is 164 Å². The Morgan fingerprint density at radius 3 is 2.36 bits per heavy atom. The summed E-state index contributed by atoms with van der Waals surface area (Å²) in [6.45, 7) is 4.45. The van der Waals surface area contributed by atoms with Gasteiger partial charge in [0.05, 0.1) is 40.4 Å². The predicted molar refractivity (Wildman–Crippen MR) is 102 cm³/mol. The van der Waals surface area contributed by atoms with Crippen molar-refractivity contribution in [3.05, 3.63) is 47.5 Å². The van der Waals surface area contributed by atoms with Crippen LogP contribution in [-0.4, -0.2) is 58.0 Å². The monoisotopic (exact) mass is 385 g/mol. The molecular weight excluding hydrogens is 360 g/mol. The van der Waals surface area contributed by atoms with E-state index in [1.165, 1.54) is 10.5 Å². The van der Waals surface area contributed by atoms with Crippen molar-refractivity contribution in [1.82, 2.24) is 4.90 Å². The molecular formula is C21H25N2O5+. The third kappa shape index (κ3) is 3.84. The third-order valence-electron chi connectivity index (χ3n) is 5.25. The van der Waals surface area contributed by atoms with Crippen LogP contribution in [0.1, 0.15) is 15.9 Å². The number of quaternary nitrogens is 1. The molecule has 0 unspecified atom stereocenters. The fraction of sp³-hybridized carbons (Fsp3) is 0.381. The number of nitrogens with one attached hydrogen (secondary N) is 1. The molecule has 7 nitrogen and oxygen atoms in total. The van der Waals surface area contributed by atoms with E-state index in [0.29, 0.717) is 23.9 Å². The van der Waals surface area contributed by atoms with E-state index >= 15 is 0 Å². The molecule has 28 heavy (non-hydrogen) atoms. The van der Waals surface area contributed by atoms with Gasteiger partial charge in [0, 0.05) is 17.2 Å². The summed E-state index contributed by atoms with van der Waals surface area (Å²) in [5.41, 5.74) is 1.81. The smallest absolute Gasteiger partial charge is 0.254 e. The summed E-state index contributed by atoms with van der Waals surface area (Å²) in [6.07, 6.45) is 0. The molecule has 2 aromatic rings. The molecule has 0 radical (unpaired) electrons. The van der Waals surface area contributed by atoms with Gasteiger partial charge < -0.3 is 28.7 Å². The zero-order chi connectivity index (χ0) is 19.5. The number of piperazine rings is 1. The number of carbonyl (C=O) groups is 1. The van der Waals surface area contributed by atoms with Crippen LogP contribution in [-0.2, 0) is 6.54 Å². The highest BCUT2D eigenvalue weighted by Gasteiger charge is 2.26. The van der Waals surface area contributed by atoms with E-state index in [-0.39, 0.29) is 5.91 Å². The molecule has 1 saturated heterocycles. The summed E-state index contributed by atoms with van der Waals surface area (Å²) in [6, 6.07) is 11.4. The molecule has 1 amide bonds. The second-order valence-electron chi connectivity index (χ2n) is 7.01. The molecule has 0 atom stereocenters. The van der Waals surface area contributed by atoms with Gasteiger partial charge >= 0.3 is 0 Å². The zero-order valence-electron chi connectivity index (χ0n) is 16.2. The number of ether oxygens (including phenoxy) is 4. The van der Waals surface area contributed by atoms with Crippen molar-refractivity contribution in [2.75, 3.05) is 47.2 Å². The van der Waals surface area contributed by atoms with Crippen LogP contribution in [0.3, 0.4) is 0 Å². The van der Waals surface area contributed by atoms with Gasteiger partial charge in [0.1, 0.15) is 18.0 Å². The van der Waals surface area contributed by atoms with Gasteiger partial charge in [-0.15, -0.1) is 0 Å². The number of hydrogen-bond donors (Lipinski definition) is 1. The Bertz CT molecular complexity index is 840. The Balaban J connectivity index is 1.37. The fourth-order valence-corrected chi connectivity index (χ4v) is 3.66. The summed E-state index contributed by atoms with van der Waals surface area (Å²) in [7, 11) is 3.17. The van der Waals surface area contributed by atoms with Gasteiger partial charge in [-0.1, -0.05) is 0 Å². The number of nitrogens with zero attached hydrogens (tertiary/aromatic N) is 1. The van der Waals surface area contributed by atoms with E-state index in [1.54, 1.807) is 32.4 Å². The number of methoxy groups -OCH3 is 2. The summed E-state index contributed by atoms with van der Waals surface area (Å²) < 4.78 is 21.4. The van der Waals surface area contributed by atoms with Gasteiger partial charge in [-0.2, -0.15) is 0 Å². The van der Waals surface area contributed by atoms with Gasteiger partial charge in [-0.05, 0) is 30.3 Å². The van der Waals surface area contributed by atoms with Crippen molar-refractivity contribution in [1.29, 1.82) is 0 Å². The largest absolute Gasteiger partial charge is 0.497 e. The third-order valence-corrected chi connectivity index (χ3v) is 5.25. The van der Waals surface area contributed by atoms with Crippen LogP contribution in [0.25, 0.3) is 0 Å². The van der Waals surface area contributed by atoms with Crippen molar-refractivity contribution in [2.24, 2.45) is 0 Å². The SMILES string of the molecule is COc1cc(OC)cc(C(=O)N2CC[NH+](Cc3ccc4c(c3)OCO4)CC2)c1. The highest BCUT2D eigenvalue weighted by atomic mass is 16.7. The first-order chi connectivity index (χ1) is 13.7. The van der Waals surface area contributed by atoms with Crippen LogP contribution in [0.15, 0.2) is 36.4 Å². The second kappa shape index (κ2) is 7.98. The molecule has 2 aliphatic rings. The van der Waals surface area contributed by atoms with Gasteiger partial charge in [0.25, 0.3) is 5.91 Å². The lowest BCUT2D eigenvalue weighted by Crippen LogP contribution is -3.13. The maximum Gasteiger partial charge on any atom is 0.254 e. The lowest BCUT2D eigenvalue weighted by Gasteiger charge is -2.32. The average Bonchev–Trinajstić information content (AvgIpc) is 3.21. The summed E-state index contributed by atoms with van der Waals surface area (Å²) in [4.78, 5) is 16.3. The Hall–Kier alpha value is -2.93. The minimum absolute atomic E-state index is 0.0133. The van der Waals surface area contributed by atoms with E-state index in [4.69, 9.17) is 18.9 Å². The molecule has 7 heteroatoms. The van der Waals surface area contributed by atoms with Crippen molar-refractivity contribution in [2.45, 2.75) is 6.54 Å². The second-order valence-corrected chi connectivity index (χ2v) is 7.01. The average molecular weight is 385 g/mol. The van der Waals surface area contributed by atoms with Crippen LogP contribution in [0.4, 0.5) is 0 Å². The van der Waals surface area contributed by atoms with Crippen LogP contribution < -0.4 is 23.8 Å². The molecule has 2 aliphatic heterocycles. The van der Waals surface area contributed by atoms with Crippen molar-refractivity contribution in [3.63, 3.8) is 0 Å². The fourth-order valence-electron chi connectivity index (χ4n) is 3.66. The number of benzene rings is 2. The lowest BCUT2D eigenvalue weighted by atomic mass is 10.1. The molecule has 148 valence electrons. The normalized spacial score (nSPS) is 16.1. The minimum atomic E-state index is 0.0133. The molecule has 1 N–H and O–H groups in total. The van der Waals surface area contributed by atoms with Crippen molar-refractivity contribution < 1.29 is 28.6 Å². The zero-order valence-corrected chi connectivity index (χ0v) is 16.2. The maximum atomic E-state index is 12.9. The van der Waals surface area contributed by atoms with E-state index in [0.717, 1.165) is 44.2 Å². The summed E-state index contributed by atoms with van der Waals surface area (Å²) in [5, 5.41) is 0. The van der Waals surface area contributed by atoms with Crippen LogP contribution in [0.5, 0.6) is 23.0 Å². The molecule has 2 heterocycles. The molecule has 4 rings (SSSR count). The van der Waals surface area contributed by atoms with Gasteiger partial charge in [0.2, 0.25) is 6.79 Å². The van der Waals surface area contributed by atoms with Crippen molar-refractivity contribution >= 4 is 5.91 Å². The number of fused-ring (bicyclic) bond motifs is 1. The quantitative estimate of drug-likeness (QED) is 0.831. The predicted octanol–water partition coefficient (Wildman–Crippen LogP) is 0.973. The van der Waals surface area contributed by atoms with Gasteiger partial charge in [-0.25, -0.2) is 0 Å². The highest BCUT2D eigenvalue weighted by Crippen LogP contribution is 2.32. The molecule has 1 fully saturated rings. The Kier molecular flexibility index (Phi) is 5.25. The standard InChI is InChI=1S/C21H24N2O5/c1-25-17-10-16(11-18(12-17)26-2)21(24)23-7-5-22(6-8-23)13-15-3-4-19-20(9-15)28-14-27-19/h3-4,9-12H,5-8,13-14H2,1-2H3/p+1. The number of amides is 1. The van der Waals surface area contributed by atoms with E-state index in [2.05, 4.69) is 12.1 Å². The highest BCUT2D eigenvalue weighted by molar-refractivity contribution is 5.95.